The molecule has 0 N–H and O–H groups in total. The molecule has 0 aliphatic carbocycles. The van der Waals surface area contributed by atoms with Crippen LogP contribution in [0.25, 0.3) is 10.9 Å². The maximum atomic E-state index is 13.4. The highest BCUT2D eigenvalue weighted by molar-refractivity contribution is 6.42. The van der Waals surface area contributed by atoms with E-state index in [1.807, 2.05) is 42.5 Å². The van der Waals surface area contributed by atoms with Crippen molar-refractivity contribution >= 4 is 45.8 Å². The first-order valence-electron chi connectivity index (χ1n) is 10.6. The number of pyridine rings is 1. The van der Waals surface area contributed by atoms with Crippen molar-refractivity contribution in [1.29, 1.82) is 0 Å². The summed E-state index contributed by atoms with van der Waals surface area (Å²) in [6.45, 7) is 3.90. The van der Waals surface area contributed by atoms with Crippen LogP contribution in [0.5, 0.6) is 0 Å². The second kappa shape index (κ2) is 9.33. The zero-order chi connectivity index (χ0) is 22.0. The van der Waals surface area contributed by atoms with Gasteiger partial charge in [-0.3, -0.25) is 4.79 Å². The molecule has 0 spiro atoms. The lowest BCUT2D eigenvalue weighted by Gasteiger charge is -2.43. The number of para-hydroxylation sites is 1. The number of anilines is 1. The van der Waals surface area contributed by atoms with Crippen LogP contribution in [0.4, 0.5) is 10.5 Å². The zero-order valence-corrected chi connectivity index (χ0v) is 18.9. The molecule has 0 radical (unpaired) electrons. The molecule has 0 saturated carbocycles. The first-order valence-corrected chi connectivity index (χ1v) is 11.4. The smallest absolute Gasteiger partial charge is 0.331 e. The van der Waals surface area contributed by atoms with E-state index in [4.69, 9.17) is 23.2 Å². The molecule has 7 heteroatoms. The molecule has 162 valence electrons. The van der Waals surface area contributed by atoms with E-state index in [1.54, 1.807) is 11.0 Å². The number of amides is 1. The van der Waals surface area contributed by atoms with Crippen LogP contribution in [0.15, 0.2) is 59.4 Å². The number of aromatic nitrogens is 1. The molecule has 5 nitrogen and oxygen atoms in total. The zero-order valence-electron chi connectivity index (χ0n) is 17.4. The van der Waals surface area contributed by atoms with Crippen LogP contribution in [0, 0.1) is 0 Å². The molecule has 1 saturated heterocycles. The molecule has 1 aliphatic rings. The maximum Gasteiger partial charge on any atom is 0.331 e. The van der Waals surface area contributed by atoms with Crippen molar-refractivity contribution in [3.63, 3.8) is 0 Å². The minimum atomic E-state index is -0.305. The number of nitrogens with zero attached hydrogens (tertiary/aromatic N) is 3. The Kier molecular flexibility index (Phi) is 6.54. The van der Waals surface area contributed by atoms with Crippen LogP contribution < -0.4 is 10.5 Å². The quantitative estimate of drug-likeness (QED) is 0.507. The van der Waals surface area contributed by atoms with Gasteiger partial charge < -0.3 is 9.80 Å². The third-order valence-corrected chi connectivity index (χ3v) is 6.61. The van der Waals surface area contributed by atoms with E-state index in [0.29, 0.717) is 35.2 Å². The molecule has 0 bridgehead atoms. The van der Waals surface area contributed by atoms with E-state index in [1.165, 1.54) is 10.6 Å². The summed E-state index contributed by atoms with van der Waals surface area (Å²) in [6.07, 6.45) is 3.08. The third-order valence-electron chi connectivity index (χ3n) is 5.87. The standard InChI is InChI=1S/C24H25Cl2N3O2/c1-2-3-7-19-16-27(13-14-28(19)18-10-11-20(25)21(26)15-18)24(31)29-22-8-5-4-6-17(22)9-12-23(29)30/h4-6,8-12,15,19H,2-3,7,13-14,16H2,1H3. The molecule has 1 unspecified atom stereocenters. The Morgan fingerprint density at radius 2 is 1.84 bits per heavy atom. The largest absolute Gasteiger partial charge is 0.365 e. The molecule has 1 atom stereocenters. The van der Waals surface area contributed by atoms with E-state index in [2.05, 4.69) is 11.8 Å². The molecule has 1 fully saturated rings. The van der Waals surface area contributed by atoms with Crippen molar-refractivity contribution in [3.05, 3.63) is 75.0 Å². The lowest BCUT2D eigenvalue weighted by molar-refractivity contribution is 0.184. The Bertz CT molecular complexity index is 1160. The van der Waals surface area contributed by atoms with Gasteiger partial charge >= 0.3 is 6.03 Å². The van der Waals surface area contributed by atoms with Gasteiger partial charge in [0.2, 0.25) is 0 Å². The van der Waals surface area contributed by atoms with E-state index in [-0.39, 0.29) is 17.6 Å². The molecule has 2 heterocycles. The van der Waals surface area contributed by atoms with Gasteiger partial charge in [0, 0.05) is 37.4 Å². The molecular weight excluding hydrogens is 433 g/mol. The van der Waals surface area contributed by atoms with Gasteiger partial charge in [0.15, 0.2) is 0 Å². The Morgan fingerprint density at radius 3 is 2.61 bits per heavy atom. The van der Waals surface area contributed by atoms with E-state index >= 15 is 0 Å². The van der Waals surface area contributed by atoms with E-state index in [9.17, 15) is 9.59 Å². The third kappa shape index (κ3) is 4.43. The van der Waals surface area contributed by atoms with Crippen molar-refractivity contribution in [3.8, 4) is 0 Å². The Hall–Kier alpha value is -2.50. The minimum Gasteiger partial charge on any atom is -0.365 e. The van der Waals surface area contributed by atoms with Gasteiger partial charge in [0.05, 0.1) is 15.6 Å². The number of rotatable bonds is 4. The maximum absolute atomic E-state index is 13.4. The predicted octanol–water partition coefficient (Wildman–Crippen LogP) is 5.66. The number of benzene rings is 2. The summed E-state index contributed by atoms with van der Waals surface area (Å²) < 4.78 is 1.29. The molecule has 1 aliphatic heterocycles. The normalized spacial score (nSPS) is 16.7. The van der Waals surface area contributed by atoms with Crippen LogP contribution >= 0.6 is 23.2 Å². The monoisotopic (exact) mass is 457 g/mol. The second-order valence-corrected chi connectivity index (χ2v) is 8.70. The summed E-state index contributed by atoms with van der Waals surface area (Å²) in [6, 6.07) is 16.2. The van der Waals surface area contributed by atoms with E-state index in [0.717, 1.165) is 30.3 Å². The van der Waals surface area contributed by atoms with Crippen molar-refractivity contribution < 1.29 is 4.79 Å². The van der Waals surface area contributed by atoms with Gasteiger partial charge in [-0.05, 0) is 42.1 Å². The number of carbonyl (C=O) groups excluding carboxylic acids is 1. The lowest BCUT2D eigenvalue weighted by Crippen LogP contribution is -2.56. The topological polar surface area (TPSA) is 45.6 Å². The van der Waals surface area contributed by atoms with Crippen LogP contribution in [0.3, 0.4) is 0 Å². The summed E-state index contributed by atoms with van der Waals surface area (Å²) >= 11 is 12.4. The summed E-state index contributed by atoms with van der Waals surface area (Å²) in [7, 11) is 0. The van der Waals surface area contributed by atoms with Gasteiger partial charge in [-0.15, -0.1) is 0 Å². The fraction of sp³-hybridized carbons (Fsp3) is 0.333. The highest BCUT2D eigenvalue weighted by atomic mass is 35.5. The van der Waals surface area contributed by atoms with E-state index < -0.39 is 0 Å². The van der Waals surface area contributed by atoms with Crippen molar-refractivity contribution in [2.75, 3.05) is 24.5 Å². The number of hydrogen-bond acceptors (Lipinski definition) is 3. The Labute approximate surface area is 191 Å². The van der Waals surface area contributed by atoms with Crippen molar-refractivity contribution in [2.24, 2.45) is 0 Å². The van der Waals surface area contributed by atoms with Crippen LogP contribution in [-0.2, 0) is 0 Å². The highest BCUT2D eigenvalue weighted by Gasteiger charge is 2.31. The Balaban J connectivity index is 1.63. The van der Waals surface area contributed by atoms with Gasteiger partial charge in [-0.1, -0.05) is 61.2 Å². The first kappa shape index (κ1) is 21.7. The molecular formula is C24H25Cl2N3O2. The minimum absolute atomic E-state index is 0.139. The second-order valence-electron chi connectivity index (χ2n) is 7.88. The number of unbranched alkanes of at least 4 members (excludes halogenated alkanes) is 1. The van der Waals surface area contributed by atoms with Gasteiger partial charge in [-0.25, -0.2) is 9.36 Å². The molecule has 2 aromatic carbocycles. The van der Waals surface area contributed by atoms with Crippen LogP contribution in [0.2, 0.25) is 10.0 Å². The van der Waals surface area contributed by atoms with Crippen LogP contribution in [0.1, 0.15) is 26.2 Å². The van der Waals surface area contributed by atoms with Crippen molar-refractivity contribution in [2.45, 2.75) is 32.2 Å². The summed E-state index contributed by atoms with van der Waals surface area (Å²) in [5, 5.41) is 1.92. The molecule has 4 rings (SSSR count). The Morgan fingerprint density at radius 1 is 1.03 bits per heavy atom. The van der Waals surface area contributed by atoms with Crippen LogP contribution in [-0.4, -0.2) is 41.2 Å². The van der Waals surface area contributed by atoms with Crippen molar-refractivity contribution in [1.82, 2.24) is 9.47 Å². The number of carbonyl (C=O) groups is 1. The fourth-order valence-corrected chi connectivity index (χ4v) is 4.54. The van der Waals surface area contributed by atoms with Gasteiger partial charge in [0.25, 0.3) is 5.56 Å². The predicted molar refractivity (Wildman–Crippen MR) is 128 cm³/mol. The van der Waals surface area contributed by atoms with Gasteiger partial charge in [0.1, 0.15) is 0 Å². The summed E-state index contributed by atoms with van der Waals surface area (Å²) in [5.74, 6) is 0. The average Bonchev–Trinajstić information content (AvgIpc) is 2.79. The lowest BCUT2D eigenvalue weighted by atomic mass is 10.0. The molecule has 1 aromatic heterocycles. The molecule has 3 aromatic rings. The average molecular weight is 458 g/mol. The molecule has 1 amide bonds. The SMILES string of the molecule is CCCCC1CN(C(=O)n2c(=O)ccc3ccccc32)CCN1c1ccc(Cl)c(Cl)c1. The summed E-state index contributed by atoms with van der Waals surface area (Å²) in [4.78, 5) is 30.1. The fourth-order valence-electron chi connectivity index (χ4n) is 4.24. The number of fused-ring (bicyclic) bond motifs is 1. The number of piperazine rings is 1. The number of hydrogen-bond donors (Lipinski definition) is 0. The molecule has 31 heavy (non-hydrogen) atoms. The summed E-state index contributed by atoms with van der Waals surface area (Å²) in [5.41, 5.74) is 1.34. The first-order chi connectivity index (χ1) is 15.0. The van der Waals surface area contributed by atoms with Gasteiger partial charge in [-0.2, -0.15) is 0 Å². The number of halogens is 2. The highest BCUT2D eigenvalue weighted by Crippen LogP contribution is 2.30.